The van der Waals surface area contributed by atoms with E-state index in [0.717, 1.165) is 37.1 Å². The summed E-state index contributed by atoms with van der Waals surface area (Å²) in [5, 5.41) is 3.01. The number of rotatable bonds is 6. The Hall–Kier alpha value is -2.47. The van der Waals surface area contributed by atoms with Crippen molar-refractivity contribution >= 4 is 5.91 Å². The fourth-order valence-electron chi connectivity index (χ4n) is 3.07. The molecule has 132 valence electrons. The molecule has 1 aromatic heterocycles. The van der Waals surface area contributed by atoms with E-state index in [1.54, 1.807) is 7.11 Å². The minimum atomic E-state index is -0.520. The second kappa shape index (κ2) is 8.07. The highest BCUT2D eigenvalue weighted by Gasteiger charge is 2.21. The first kappa shape index (κ1) is 17.4. The second-order valence-electron chi connectivity index (χ2n) is 6.20. The van der Waals surface area contributed by atoms with Crippen molar-refractivity contribution in [1.29, 1.82) is 0 Å². The SMILES string of the molecule is COc1ccc([C@H](CN2CCCC2)NC(=O)c2cncc(F)c2)cc1. The Morgan fingerprint density at radius 3 is 2.64 bits per heavy atom. The molecule has 1 atom stereocenters. The van der Waals surface area contributed by atoms with Crippen LogP contribution in [0.3, 0.4) is 0 Å². The van der Waals surface area contributed by atoms with E-state index in [2.05, 4.69) is 15.2 Å². The predicted molar refractivity (Wildman–Crippen MR) is 93.1 cm³/mol. The highest BCUT2D eigenvalue weighted by molar-refractivity contribution is 5.94. The maximum atomic E-state index is 13.3. The van der Waals surface area contributed by atoms with E-state index in [0.29, 0.717) is 0 Å². The van der Waals surface area contributed by atoms with Crippen LogP contribution >= 0.6 is 0 Å². The van der Waals surface area contributed by atoms with Crippen molar-refractivity contribution in [3.8, 4) is 5.75 Å². The number of hydrogen-bond acceptors (Lipinski definition) is 4. The van der Waals surface area contributed by atoms with E-state index in [1.807, 2.05) is 24.3 Å². The van der Waals surface area contributed by atoms with Crippen LogP contribution in [0.5, 0.6) is 5.75 Å². The Balaban J connectivity index is 1.78. The summed E-state index contributed by atoms with van der Waals surface area (Å²) in [6, 6.07) is 8.67. The Kier molecular flexibility index (Phi) is 5.60. The van der Waals surface area contributed by atoms with Crippen molar-refractivity contribution in [3.63, 3.8) is 0 Å². The maximum absolute atomic E-state index is 13.3. The Labute approximate surface area is 146 Å². The third kappa shape index (κ3) is 4.54. The summed E-state index contributed by atoms with van der Waals surface area (Å²) in [6.07, 6.45) is 4.81. The first-order valence-corrected chi connectivity index (χ1v) is 8.43. The lowest BCUT2D eigenvalue weighted by Crippen LogP contribution is -2.37. The van der Waals surface area contributed by atoms with E-state index in [1.165, 1.54) is 25.1 Å². The molecule has 0 spiro atoms. The van der Waals surface area contributed by atoms with Gasteiger partial charge in [-0.15, -0.1) is 0 Å². The fraction of sp³-hybridized carbons (Fsp3) is 0.368. The Morgan fingerprint density at radius 2 is 2.00 bits per heavy atom. The first-order chi connectivity index (χ1) is 12.2. The van der Waals surface area contributed by atoms with Crippen molar-refractivity contribution in [2.75, 3.05) is 26.7 Å². The van der Waals surface area contributed by atoms with Gasteiger partial charge >= 0.3 is 0 Å². The smallest absolute Gasteiger partial charge is 0.253 e. The van der Waals surface area contributed by atoms with Gasteiger partial charge in [0.05, 0.1) is 24.9 Å². The van der Waals surface area contributed by atoms with Gasteiger partial charge in [0.25, 0.3) is 5.91 Å². The third-order valence-electron chi connectivity index (χ3n) is 4.43. The number of likely N-dealkylation sites (tertiary alicyclic amines) is 1. The molecule has 1 aliphatic heterocycles. The molecule has 6 heteroatoms. The van der Waals surface area contributed by atoms with Crippen LogP contribution in [-0.2, 0) is 0 Å². The molecule has 0 unspecified atom stereocenters. The third-order valence-corrected chi connectivity index (χ3v) is 4.43. The van der Waals surface area contributed by atoms with E-state index >= 15 is 0 Å². The topological polar surface area (TPSA) is 54.5 Å². The minimum Gasteiger partial charge on any atom is -0.497 e. The van der Waals surface area contributed by atoms with Gasteiger partial charge < -0.3 is 15.0 Å². The van der Waals surface area contributed by atoms with Crippen molar-refractivity contribution in [1.82, 2.24) is 15.2 Å². The molecule has 1 aliphatic rings. The summed E-state index contributed by atoms with van der Waals surface area (Å²) in [7, 11) is 1.62. The monoisotopic (exact) mass is 343 g/mol. The number of hydrogen-bond donors (Lipinski definition) is 1. The summed E-state index contributed by atoms with van der Waals surface area (Å²) in [5.41, 5.74) is 1.21. The van der Waals surface area contributed by atoms with Gasteiger partial charge in [-0.25, -0.2) is 4.39 Å². The number of aromatic nitrogens is 1. The number of amides is 1. The molecular formula is C19H22FN3O2. The van der Waals surface area contributed by atoms with Gasteiger partial charge in [0.15, 0.2) is 0 Å². The lowest BCUT2D eigenvalue weighted by molar-refractivity contribution is 0.0926. The Bertz CT molecular complexity index is 715. The van der Waals surface area contributed by atoms with Gasteiger partial charge in [-0.1, -0.05) is 12.1 Å². The number of benzene rings is 1. The van der Waals surface area contributed by atoms with Crippen LogP contribution in [0.25, 0.3) is 0 Å². The molecule has 2 heterocycles. The zero-order chi connectivity index (χ0) is 17.6. The number of nitrogens with one attached hydrogen (secondary N) is 1. The molecule has 0 saturated carbocycles. The number of carbonyl (C=O) groups is 1. The molecule has 1 saturated heterocycles. The lowest BCUT2D eigenvalue weighted by Gasteiger charge is -2.25. The van der Waals surface area contributed by atoms with Gasteiger partial charge in [-0.3, -0.25) is 9.78 Å². The molecule has 0 radical (unpaired) electrons. The van der Waals surface area contributed by atoms with Crippen LogP contribution < -0.4 is 10.1 Å². The van der Waals surface area contributed by atoms with E-state index in [4.69, 9.17) is 4.74 Å². The zero-order valence-corrected chi connectivity index (χ0v) is 14.2. The van der Waals surface area contributed by atoms with Gasteiger partial charge in [0.2, 0.25) is 0 Å². The van der Waals surface area contributed by atoms with Crippen molar-refractivity contribution < 1.29 is 13.9 Å². The fourth-order valence-corrected chi connectivity index (χ4v) is 3.07. The van der Waals surface area contributed by atoms with Crippen molar-refractivity contribution in [2.24, 2.45) is 0 Å². The average Bonchev–Trinajstić information content (AvgIpc) is 3.14. The molecule has 2 aromatic rings. The molecule has 1 aromatic carbocycles. The molecular weight excluding hydrogens is 321 g/mol. The summed E-state index contributed by atoms with van der Waals surface area (Å²) in [5.74, 6) is -0.0791. The van der Waals surface area contributed by atoms with Gasteiger partial charge in [0, 0.05) is 12.7 Å². The van der Waals surface area contributed by atoms with E-state index in [9.17, 15) is 9.18 Å². The summed E-state index contributed by atoms with van der Waals surface area (Å²) >= 11 is 0. The van der Waals surface area contributed by atoms with Crippen LogP contribution in [0.1, 0.15) is 34.8 Å². The zero-order valence-electron chi connectivity index (χ0n) is 14.2. The molecule has 0 bridgehead atoms. The summed E-state index contributed by atoms with van der Waals surface area (Å²) in [6.45, 7) is 2.79. The molecule has 0 aliphatic carbocycles. The van der Waals surface area contributed by atoms with Crippen molar-refractivity contribution in [3.05, 3.63) is 59.7 Å². The highest BCUT2D eigenvalue weighted by atomic mass is 19.1. The van der Waals surface area contributed by atoms with Crippen LogP contribution in [0.2, 0.25) is 0 Å². The quantitative estimate of drug-likeness (QED) is 0.876. The van der Waals surface area contributed by atoms with Gasteiger partial charge in [-0.05, 0) is 49.7 Å². The number of methoxy groups -OCH3 is 1. The lowest BCUT2D eigenvalue weighted by atomic mass is 10.1. The number of nitrogens with zero attached hydrogens (tertiary/aromatic N) is 2. The standard InChI is InChI=1S/C19H22FN3O2/c1-25-17-6-4-14(5-7-17)18(13-23-8-2-3-9-23)22-19(24)15-10-16(20)12-21-11-15/h4-7,10-12,18H,2-3,8-9,13H2,1H3,(H,22,24)/t18-/m0/s1. The van der Waals surface area contributed by atoms with Crippen LogP contribution in [-0.4, -0.2) is 42.5 Å². The van der Waals surface area contributed by atoms with Gasteiger partial charge in [0.1, 0.15) is 11.6 Å². The second-order valence-corrected chi connectivity index (χ2v) is 6.20. The number of carbonyl (C=O) groups excluding carboxylic acids is 1. The van der Waals surface area contributed by atoms with E-state index in [-0.39, 0.29) is 17.5 Å². The largest absolute Gasteiger partial charge is 0.497 e. The maximum Gasteiger partial charge on any atom is 0.253 e. The molecule has 25 heavy (non-hydrogen) atoms. The molecule has 3 rings (SSSR count). The number of halogens is 1. The Morgan fingerprint density at radius 1 is 1.28 bits per heavy atom. The van der Waals surface area contributed by atoms with Crippen molar-refractivity contribution in [2.45, 2.75) is 18.9 Å². The normalized spacial score (nSPS) is 15.8. The predicted octanol–water partition coefficient (Wildman–Crippen LogP) is 2.80. The minimum absolute atomic E-state index is 0.181. The van der Waals surface area contributed by atoms with Crippen LogP contribution in [0.15, 0.2) is 42.7 Å². The molecule has 1 fully saturated rings. The van der Waals surface area contributed by atoms with Crippen LogP contribution in [0.4, 0.5) is 4.39 Å². The molecule has 5 nitrogen and oxygen atoms in total. The highest BCUT2D eigenvalue weighted by Crippen LogP contribution is 2.21. The summed E-state index contributed by atoms with van der Waals surface area (Å²) < 4.78 is 18.5. The average molecular weight is 343 g/mol. The molecule has 1 amide bonds. The molecule has 1 N–H and O–H groups in total. The first-order valence-electron chi connectivity index (χ1n) is 8.43. The van der Waals surface area contributed by atoms with Gasteiger partial charge in [-0.2, -0.15) is 0 Å². The van der Waals surface area contributed by atoms with Crippen LogP contribution in [0, 0.1) is 5.82 Å². The number of pyridine rings is 1. The van der Waals surface area contributed by atoms with E-state index < -0.39 is 5.82 Å². The number of ether oxygens (including phenoxy) is 1. The summed E-state index contributed by atoms with van der Waals surface area (Å²) in [4.78, 5) is 18.6.